The molecule has 1 aromatic heterocycles. The fourth-order valence-electron chi connectivity index (χ4n) is 4.42. The number of nitrogens with zero attached hydrogens (tertiary/aromatic N) is 5. The van der Waals surface area contributed by atoms with E-state index in [1.807, 2.05) is 0 Å². The van der Waals surface area contributed by atoms with Gasteiger partial charge in [-0.3, -0.25) is 38.6 Å². The maximum Gasteiger partial charge on any atom is 0.305 e. The second-order valence-electron chi connectivity index (χ2n) is 9.76. The fraction of sp³-hybridized carbons (Fsp3) is 0.565. The molecular formula is C23H34N12O8. The molecule has 0 aromatic carbocycles. The zero-order valence-electron chi connectivity index (χ0n) is 23.1. The quantitative estimate of drug-likeness (QED) is 0.0857. The molecule has 0 saturated carbocycles. The summed E-state index contributed by atoms with van der Waals surface area (Å²) >= 11 is 0. The SMILES string of the molecule is NC(N)=NCCC[C@@H]1NC(=O)[C@@H]2CCCN2C(=O)CNC(=O)Cn2cc(nn2)NC(=O)[C@H](CC(=O)O)NC(=O)CNC1=O. The molecule has 2 aliphatic rings. The van der Waals surface area contributed by atoms with Crippen LogP contribution in [0, 0.1) is 0 Å². The predicted octanol–water partition coefficient (Wildman–Crippen LogP) is -5.05. The van der Waals surface area contributed by atoms with Gasteiger partial charge in [0.05, 0.1) is 25.7 Å². The molecule has 20 nitrogen and oxygen atoms in total. The third-order valence-electron chi connectivity index (χ3n) is 6.44. The average Bonchev–Trinajstić information content (AvgIpc) is 3.60. The Morgan fingerprint density at radius 1 is 1.00 bits per heavy atom. The van der Waals surface area contributed by atoms with Crippen molar-refractivity contribution in [2.45, 2.75) is 56.8 Å². The van der Waals surface area contributed by atoms with Crippen LogP contribution in [0.1, 0.15) is 32.1 Å². The number of amides is 6. The lowest BCUT2D eigenvalue weighted by Gasteiger charge is -2.26. The number of anilines is 1. The summed E-state index contributed by atoms with van der Waals surface area (Å²) in [5, 5.41) is 28.6. The Morgan fingerprint density at radius 3 is 2.49 bits per heavy atom. The van der Waals surface area contributed by atoms with E-state index in [0.717, 1.165) is 4.68 Å². The number of hydrogen-bond acceptors (Lipinski definition) is 10. The van der Waals surface area contributed by atoms with Gasteiger partial charge in [0.2, 0.25) is 35.4 Å². The zero-order valence-corrected chi connectivity index (χ0v) is 23.1. The Balaban J connectivity index is 1.82. The van der Waals surface area contributed by atoms with Crippen molar-refractivity contribution in [3.05, 3.63) is 6.20 Å². The van der Waals surface area contributed by atoms with Crippen LogP contribution in [-0.4, -0.2) is 117 Å². The van der Waals surface area contributed by atoms with Gasteiger partial charge in [0.25, 0.3) is 0 Å². The number of aliphatic carboxylic acids is 1. The van der Waals surface area contributed by atoms with E-state index in [2.05, 4.69) is 41.9 Å². The van der Waals surface area contributed by atoms with Crippen molar-refractivity contribution in [3.63, 3.8) is 0 Å². The van der Waals surface area contributed by atoms with Gasteiger partial charge in [0.15, 0.2) is 11.8 Å². The Hall–Kier alpha value is -5.30. The first-order valence-electron chi connectivity index (χ1n) is 13.3. The number of carboxylic acids is 1. The van der Waals surface area contributed by atoms with Crippen molar-refractivity contribution < 1.29 is 38.7 Å². The number of guanidine groups is 1. The zero-order chi connectivity index (χ0) is 31.5. The average molecular weight is 607 g/mol. The minimum absolute atomic E-state index is 0.0664. The molecule has 20 heteroatoms. The van der Waals surface area contributed by atoms with Crippen LogP contribution in [0.5, 0.6) is 0 Å². The Morgan fingerprint density at radius 2 is 1.77 bits per heavy atom. The highest BCUT2D eigenvalue weighted by Gasteiger charge is 2.36. The van der Waals surface area contributed by atoms with Gasteiger partial charge < -0.3 is 48.1 Å². The van der Waals surface area contributed by atoms with Gasteiger partial charge in [-0.15, -0.1) is 5.10 Å². The fourth-order valence-corrected chi connectivity index (χ4v) is 4.42. The van der Waals surface area contributed by atoms with Gasteiger partial charge in [-0.1, -0.05) is 5.21 Å². The van der Waals surface area contributed by atoms with E-state index in [0.29, 0.717) is 12.8 Å². The number of nitrogens with two attached hydrogens (primary N) is 2. The highest BCUT2D eigenvalue weighted by Crippen LogP contribution is 2.18. The van der Waals surface area contributed by atoms with E-state index in [1.165, 1.54) is 11.1 Å². The Kier molecular flexibility index (Phi) is 11.3. The molecule has 0 radical (unpaired) electrons. The second-order valence-corrected chi connectivity index (χ2v) is 9.76. The summed E-state index contributed by atoms with van der Waals surface area (Å²) in [5.74, 6) is -6.01. The molecule has 6 amide bonds. The summed E-state index contributed by atoms with van der Waals surface area (Å²) in [6, 6.07) is -3.61. The highest BCUT2D eigenvalue weighted by atomic mass is 16.4. The van der Waals surface area contributed by atoms with Gasteiger partial charge in [-0.25, -0.2) is 4.68 Å². The lowest BCUT2D eigenvalue weighted by atomic mass is 10.1. The lowest BCUT2D eigenvalue weighted by Crippen LogP contribution is -2.55. The number of carbonyl (C=O) groups is 7. The molecule has 1 saturated heterocycles. The number of hydrogen-bond donors (Lipinski definition) is 8. The molecule has 0 unspecified atom stereocenters. The van der Waals surface area contributed by atoms with Crippen molar-refractivity contribution in [3.8, 4) is 0 Å². The van der Waals surface area contributed by atoms with Crippen LogP contribution in [0.25, 0.3) is 0 Å². The normalized spacial score (nSPS) is 22.6. The summed E-state index contributed by atoms with van der Waals surface area (Å²) in [4.78, 5) is 93.3. The van der Waals surface area contributed by atoms with E-state index in [-0.39, 0.29) is 44.3 Å². The summed E-state index contributed by atoms with van der Waals surface area (Å²) in [5.41, 5.74) is 10.7. The summed E-state index contributed by atoms with van der Waals surface area (Å²) in [7, 11) is 0. The maximum absolute atomic E-state index is 13.2. The van der Waals surface area contributed by atoms with Gasteiger partial charge in [0.1, 0.15) is 24.7 Å². The number of rotatable bonds is 6. The van der Waals surface area contributed by atoms with Gasteiger partial charge in [0, 0.05) is 13.1 Å². The predicted molar refractivity (Wildman–Crippen MR) is 145 cm³/mol. The molecule has 234 valence electrons. The molecular weight excluding hydrogens is 572 g/mol. The van der Waals surface area contributed by atoms with Crippen LogP contribution in [0.3, 0.4) is 0 Å². The second kappa shape index (κ2) is 15.1. The van der Waals surface area contributed by atoms with E-state index < -0.39 is 79.0 Å². The highest BCUT2D eigenvalue weighted by molar-refractivity contribution is 5.99. The number of aliphatic imine (C=N–C) groups is 1. The van der Waals surface area contributed by atoms with Gasteiger partial charge in [-0.05, 0) is 25.7 Å². The minimum Gasteiger partial charge on any atom is -0.481 e. The molecule has 2 aliphatic heterocycles. The molecule has 10 N–H and O–H groups in total. The summed E-state index contributed by atoms with van der Waals surface area (Å²) < 4.78 is 1.07. The molecule has 0 aliphatic carbocycles. The van der Waals surface area contributed by atoms with Crippen LogP contribution < -0.4 is 38.1 Å². The van der Waals surface area contributed by atoms with Crippen molar-refractivity contribution in [2.75, 3.05) is 31.5 Å². The maximum atomic E-state index is 13.2. The molecule has 3 rings (SSSR count). The molecule has 3 atom stereocenters. The number of carbonyl (C=O) groups excluding carboxylic acids is 6. The van der Waals surface area contributed by atoms with Gasteiger partial charge >= 0.3 is 5.97 Å². The summed E-state index contributed by atoms with van der Waals surface area (Å²) in [6.07, 6.45) is 1.57. The van der Waals surface area contributed by atoms with Crippen molar-refractivity contribution in [1.82, 2.24) is 41.2 Å². The number of fused-ring (bicyclic) bond motifs is 3. The molecule has 3 heterocycles. The molecule has 0 spiro atoms. The van der Waals surface area contributed by atoms with Crippen LogP contribution in [0.4, 0.5) is 5.82 Å². The van der Waals surface area contributed by atoms with Crippen LogP contribution in [0.15, 0.2) is 11.2 Å². The Bertz CT molecular complexity index is 1280. The van der Waals surface area contributed by atoms with E-state index in [9.17, 15) is 38.7 Å². The molecule has 2 bridgehead atoms. The monoisotopic (exact) mass is 606 g/mol. The standard InChI is InChI=1S/C23H34N12O8/c24-23(25)26-5-1-3-12-20(41)28-8-16(36)29-13(7-19(39)40)21(42)31-15-10-34(33-32-15)11-17(37)27-9-18(38)35-6-2-4-14(35)22(43)30-12/h10,12-14H,1-9,11H2,(H,27,37)(H,28,41)(H,29,36)(H,30,43)(H,31,42)(H,39,40)(H4,24,25,26)/t12-,13-,14-/m0/s1. The van der Waals surface area contributed by atoms with E-state index in [1.54, 1.807) is 0 Å². The van der Waals surface area contributed by atoms with Crippen molar-refractivity contribution >= 4 is 53.2 Å². The third-order valence-corrected chi connectivity index (χ3v) is 6.44. The molecule has 43 heavy (non-hydrogen) atoms. The largest absolute Gasteiger partial charge is 0.481 e. The van der Waals surface area contributed by atoms with E-state index in [4.69, 9.17) is 11.5 Å². The Labute approximate surface area is 244 Å². The van der Waals surface area contributed by atoms with Crippen LogP contribution in [0.2, 0.25) is 0 Å². The first-order chi connectivity index (χ1) is 20.4. The minimum atomic E-state index is -1.56. The third kappa shape index (κ3) is 9.93. The number of carboxylic acid groups (broad SMARTS) is 1. The molecule has 1 aromatic rings. The van der Waals surface area contributed by atoms with Crippen molar-refractivity contribution in [1.29, 1.82) is 0 Å². The number of aromatic nitrogens is 3. The lowest BCUT2D eigenvalue weighted by molar-refractivity contribution is -0.140. The first-order valence-corrected chi connectivity index (χ1v) is 13.3. The van der Waals surface area contributed by atoms with E-state index >= 15 is 0 Å². The summed E-state index contributed by atoms with van der Waals surface area (Å²) in [6.45, 7) is -1.02. The molecule has 1 fully saturated rings. The first kappa shape index (κ1) is 32.2. The van der Waals surface area contributed by atoms with Crippen molar-refractivity contribution in [2.24, 2.45) is 16.5 Å². The number of nitrogens with one attached hydrogen (secondary N) is 5. The van der Waals surface area contributed by atoms with Crippen LogP contribution in [-0.2, 0) is 40.1 Å². The van der Waals surface area contributed by atoms with Gasteiger partial charge in [-0.2, -0.15) is 0 Å². The topological polar surface area (TPSA) is 298 Å². The van der Waals surface area contributed by atoms with Crippen LogP contribution >= 0.6 is 0 Å². The smallest absolute Gasteiger partial charge is 0.305 e.